The number of benzene rings is 1. The first-order valence-corrected chi connectivity index (χ1v) is 8.72. The zero-order valence-corrected chi connectivity index (χ0v) is 14.6. The fourth-order valence-electron chi connectivity index (χ4n) is 2.88. The fraction of sp³-hybridized carbons (Fsp3) is 0.333. The average Bonchev–Trinajstić information content (AvgIpc) is 3.51. The van der Waals surface area contributed by atoms with E-state index in [9.17, 15) is 0 Å². The van der Waals surface area contributed by atoms with Crippen LogP contribution in [0, 0.1) is 36.1 Å². The second-order valence-electron chi connectivity index (χ2n) is 6.43. The van der Waals surface area contributed by atoms with Crippen molar-refractivity contribution in [2.75, 3.05) is 11.9 Å². The minimum absolute atomic E-state index is 0.0989. The Bertz CT molecular complexity index is 853. The van der Waals surface area contributed by atoms with Crippen LogP contribution in [0.5, 0.6) is 0 Å². The maximum Gasteiger partial charge on any atom is 0.161 e. The van der Waals surface area contributed by atoms with Gasteiger partial charge in [-0.15, -0.1) is 18.8 Å². The van der Waals surface area contributed by atoms with E-state index in [0.717, 1.165) is 17.5 Å². The summed E-state index contributed by atoms with van der Waals surface area (Å²) in [6.45, 7) is 0.676. The minimum atomic E-state index is 0.0989. The second-order valence-corrected chi connectivity index (χ2v) is 6.43. The molecule has 0 aliphatic heterocycles. The number of anilines is 1. The summed E-state index contributed by atoms with van der Waals surface area (Å²) in [5, 5.41) is 7.03. The molecule has 1 aromatic carbocycles. The quantitative estimate of drug-likeness (QED) is 0.564. The number of rotatable bonds is 8. The topological polar surface area (TPSA) is 74.0 Å². The molecule has 5 nitrogen and oxygen atoms in total. The van der Waals surface area contributed by atoms with E-state index in [4.69, 9.17) is 18.4 Å². The molecule has 0 bridgehead atoms. The molecular weight excluding hydrogens is 322 g/mol. The van der Waals surface area contributed by atoms with Crippen molar-refractivity contribution in [3.8, 4) is 36.1 Å². The highest BCUT2D eigenvalue weighted by atomic mass is 15.0. The Hall–Kier alpha value is -3.18. The summed E-state index contributed by atoms with van der Waals surface area (Å²) in [6.07, 6.45) is 16.3. The predicted molar refractivity (Wildman–Crippen MR) is 103 cm³/mol. The van der Waals surface area contributed by atoms with Gasteiger partial charge in [0.05, 0.1) is 11.6 Å². The lowest BCUT2D eigenvalue weighted by atomic mass is 10.1. The van der Waals surface area contributed by atoms with Crippen LogP contribution in [0.1, 0.15) is 30.4 Å². The van der Waals surface area contributed by atoms with Gasteiger partial charge in [-0.1, -0.05) is 30.2 Å². The summed E-state index contributed by atoms with van der Waals surface area (Å²) < 4.78 is 0. The van der Waals surface area contributed by atoms with Gasteiger partial charge in [0, 0.05) is 24.7 Å². The van der Waals surface area contributed by atoms with Crippen molar-refractivity contribution in [3.05, 3.63) is 41.6 Å². The molecule has 0 spiro atoms. The van der Waals surface area contributed by atoms with Crippen LogP contribution in [0.15, 0.2) is 35.6 Å². The van der Waals surface area contributed by atoms with Gasteiger partial charge in [-0.05, 0) is 30.7 Å². The van der Waals surface area contributed by atoms with Gasteiger partial charge in [0.2, 0.25) is 0 Å². The number of terminal acetylenes is 2. The van der Waals surface area contributed by atoms with Crippen LogP contribution in [-0.2, 0) is 6.42 Å². The molecule has 1 aliphatic carbocycles. The number of nitrogens with zero attached hydrogens (tertiary/aromatic N) is 3. The maximum absolute atomic E-state index is 7.31. The van der Waals surface area contributed by atoms with E-state index >= 15 is 0 Å². The van der Waals surface area contributed by atoms with Gasteiger partial charge in [0.25, 0.3) is 0 Å². The summed E-state index contributed by atoms with van der Waals surface area (Å²) in [6, 6.07) is 7.99. The molecule has 130 valence electrons. The van der Waals surface area contributed by atoms with Crippen LogP contribution in [0.25, 0.3) is 11.4 Å². The Morgan fingerprint density at radius 1 is 1.27 bits per heavy atom. The molecule has 1 aliphatic rings. The largest absolute Gasteiger partial charge is 0.369 e. The highest BCUT2D eigenvalue weighted by molar-refractivity contribution is 5.61. The molecule has 1 fully saturated rings. The van der Waals surface area contributed by atoms with Crippen LogP contribution in [0.3, 0.4) is 0 Å². The van der Waals surface area contributed by atoms with Gasteiger partial charge >= 0.3 is 0 Å². The Balaban J connectivity index is 1.72. The third kappa shape index (κ3) is 4.26. The van der Waals surface area contributed by atoms with Crippen molar-refractivity contribution in [2.24, 2.45) is 11.0 Å². The van der Waals surface area contributed by atoms with Gasteiger partial charge in [0.15, 0.2) is 5.82 Å². The average molecular weight is 343 g/mol. The molecule has 2 aromatic rings. The molecule has 2 N–H and O–H groups in total. The third-order valence-corrected chi connectivity index (χ3v) is 4.53. The third-order valence-electron chi connectivity index (χ3n) is 4.53. The molecule has 1 atom stereocenters. The second kappa shape index (κ2) is 8.27. The zero-order valence-electron chi connectivity index (χ0n) is 14.6. The first-order chi connectivity index (χ1) is 12.7. The molecule has 1 aromatic heterocycles. The van der Waals surface area contributed by atoms with E-state index in [2.05, 4.69) is 32.2 Å². The summed E-state index contributed by atoms with van der Waals surface area (Å²) in [5.74, 6) is 7.08. The van der Waals surface area contributed by atoms with Crippen LogP contribution in [0.4, 0.5) is 5.82 Å². The number of hydrogen-bond donors (Lipinski definition) is 2. The first kappa shape index (κ1) is 17.6. The zero-order chi connectivity index (χ0) is 18.4. The standard InChI is InChI=1S/C21H21N5/c1-3-5-15-6-8-18(9-7-15)21-24-14-16(4-2)20(25-21)23-13-12-19(26-22)17-10-11-17/h1-2,6-9,14,17,19,22H,5,10-13H2,(H,23,24,25). The summed E-state index contributed by atoms with van der Waals surface area (Å²) in [5.41, 5.74) is 9.94. The number of nitrogens with one attached hydrogen (secondary N) is 2. The lowest BCUT2D eigenvalue weighted by Gasteiger charge is -2.12. The van der Waals surface area contributed by atoms with Crippen LogP contribution < -0.4 is 5.32 Å². The molecule has 1 unspecified atom stereocenters. The van der Waals surface area contributed by atoms with E-state index in [1.807, 2.05) is 24.3 Å². The van der Waals surface area contributed by atoms with Gasteiger partial charge in [-0.3, -0.25) is 0 Å². The Morgan fingerprint density at radius 2 is 2.04 bits per heavy atom. The van der Waals surface area contributed by atoms with E-state index in [-0.39, 0.29) is 6.04 Å². The number of hydrogen-bond acceptors (Lipinski definition) is 5. The lowest BCUT2D eigenvalue weighted by molar-refractivity contribution is 0.532. The number of aromatic nitrogens is 2. The smallest absolute Gasteiger partial charge is 0.161 e. The molecule has 1 heterocycles. The van der Waals surface area contributed by atoms with Gasteiger partial charge < -0.3 is 5.32 Å². The monoisotopic (exact) mass is 343 g/mol. The van der Waals surface area contributed by atoms with E-state index < -0.39 is 0 Å². The predicted octanol–water partition coefficient (Wildman–Crippen LogP) is 3.91. The van der Waals surface area contributed by atoms with Gasteiger partial charge in [0.1, 0.15) is 5.82 Å². The molecular formula is C21H21N5. The van der Waals surface area contributed by atoms with Crippen LogP contribution >= 0.6 is 0 Å². The van der Waals surface area contributed by atoms with Gasteiger partial charge in [-0.25, -0.2) is 15.5 Å². The Kier molecular flexibility index (Phi) is 5.61. The lowest BCUT2D eigenvalue weighted by Crippen LogP contribution is -2.15. The van der Waals surface area contributed by atoms with Crippen molar-refractivity contribution < 1.29 is 0 Å². The normalized spacial score (nSPS) is 14.1. The SMILES string of the molecule is C#CCc1ccc(-c2ncc(C#C)c(NCCC(N=N)C3CC3)n2)cc1. The highest BCUT2D eigenvalue weighted by Crippen LogP contribution is 2.35. The molecule has 0 amide bonds. The van der Waals surface area contributed by atoms with Crippen molar-refractivity contribution in [3.63, 3.8) is 0 Å². The maximum atomic E-state index is 7.31. The molecule has 5 heteroatoms. The molecule has 0 radical (unpaired) electrons. The minimum Gasteiger partial charge on any atom is -0.369 e. The van der Waals surface area contributed by atoms with E-state index in [1.54, 1.807) is 6.20 Å². The summed E-state index contributed by atoms with van der Waals surface area (Å²) in [7, 11) is 0. The van der Waals surface area contributed by atoms with Crippen molar-refractivity contribution >= 4 is 5.82 Å². The van der Waals surface area contributed by atoms with E-state index in [0.29, 0.717) is 36.1 Å². The van der Waals surface area contributed by atoms with Crippen LogP contribution in [-0.4, -0.2) is 22.6 Å². The highest BCUT2D eigenvalue weighted by Gasteiger charge is 2.30. The summed E-state index contributed by atoms with van der Waals surface area (Å²) >= 11 is 0. The van der Waals surface area contributed by atoms with Crippen LogP contribution in [0.2, 0.25) is 0 Å². The first-order valence-electron chi connectivity index (χ1n) is 8.72. The molecule has 26 heavy (non-hydrogen) atoms. The molecule has 1 saturated carbocycles. The van der Waals surface area contributed by atoms with E-state index in [1.165, 1.54) is 12.8 Å². The molecule has 3 rings (SSSR count). The fourth-order valence-corrected chi connectivity index (χ4v) is 2.88. The summed E-state index contributed by atoms with van der Waals surface area (Å²) in [4.78, 5) is 8.96. The van der Waals surface area contributed by atoms with Crippen molar-refractivity contribution in [1.82, 2.24) is 9.97 Å². The van der Waals surface area contributed by atoms with Gasteiger partial charge in [-0.2, -0.15) is 5.11 Å². The Labute approximate surface area is 154 Å². The molecule has 0 saturated heterocycles. The Morgan fingerprint density at radius 3 is 2.65 bits per heavy atom. The van der Waals surface area contributed by atoms with Crippen molar-refractivity contribution in [1.29, 1.82) is 5.53 Å². The van der Waals surface area contributed by atoms with Crippen molar-refractivity contribution in [2.45, 2.75) is 31.7 Å².